The molecule has 1 heterocycles. The summed E-state index contributed by atoms with van der Waals surface area (Å²) in [5, 5.41) is 13.3. The van der Waals surface area contributed by atoms with Gasteiger partial charge in [-0.05, 0) is 38.4 Å². The molecule has 2 fully saturated rings. The fourth-order valence-electron chi connectivity index (χ4n) is 4.26. The summed E-state index contributed by atoms with van der Waals surface area (Å²) in [6.45, 7) is 0.748. The molecule has 1 aromatic rings. The molecule has 7 heteroatoms. The molecule has 2 saturated carbocycles. The molecular formula is C19H34N6S. The van der Waals surface area contributed by atoms with Crippen molar-refractivity contribution in [2.24, 2.45) is 10.7 Å². The lowest BCUT2D eigenvalue weighted by Crippen LogP contribution is -2.39. The number of nitrogens with two attached hydrogens (primary N) is 1. The Balaban J connectivity index is 1.47. The van der Waals surface area contributed by atoms with E-state index < -0.39 is 0 Å². The monoisotopic (exact) mass is 378 g/mol. The number of aromatic nitrogens is 3. The number of guanidine groups is 1. The van der Waals surface area contributed by atoms with E-state index in [1.54, 1.807) is 11.8 Å². The van der Waals surface area contributed by atoms with Crippen molar-refractivity contribution < 1.29 is 0 Å². The van der Waals surface area contributed by atoms with Crippen molar-refractivity contribution in [1.29, 1.82) is 0 Å². The third-order valence-electron chi connectivity index (χ3n) is 5.66. The zero-order chi connectivity index (χ0) is 18.2. The summed E-state index contributed by atoms with van der Waals surface area (Å²) in [4.78, 5) is 4.54. The number of aliphatic imine (C=N–C) groups is 1. The van der Waals surface area contributed by atoms with E-state index >= 15 is 0 Å². The molecule has 2 aliphatic rings. The van der Waals surface area contributed by atoms with Gasteiger partial charge in [-0.15, -0.1) is 10.2 Å². The molecule has 6 nitrogen and oxygen atoms in total. The van der Waals surface area contributed by atoms with Crippen molar-refractivity contribution >= 4 is 17.7 Å². The van der Waals surface area contributed by atoms with Gasteiger partial charge in [-0.1, -0.05) is 50.3 Å². The minimum Gasteiger partial charge on any atom is -0.370 e. The molecule has 0 unspecified atom stereocenters. The normalized spacial score (nSPS) is 20.4. The molecule has 0 atom stereocenters. The Morgan fingerprint density at radius 2 is 1.81 bits per heavy atom. The van der Waals surface area contributed by atoms with E-state index in [1.807, 2.05) is 0 Å². The van der Waals surface area contributed by atoms with Crippen LogP contribution in [-0.4, -0.2) is 39.6 Å². The average molecular weight is 379 g/mol. The summed E-state index contributed by atoms with van der Waals surface area (Å²) in [5.41, 5.74) is 6.09. The molecule has 0 radical (unpaired) electrons. The molecule has 0 amide bonds. The predicted molar refractivity (Wildman–Crippen MR) is 109 cm³/mol. The molecule has 146 valence electrons. The van der Waals surface area contributed by atoms with Crippen LogP contribution < -0.4 is 11.1 Å². The van der Waals surface area contributed by atoms with Crippen molar-refractivity contribution in [2.45, 2.75) is 94.3 Å². The highest BCUT2D eigenvalue weighted by Crippen LogP contribution is 2.33. The number of nitrogens with zero attached hydrogens (tertiary/aromatic N) is 4. The maximum Gasteiger partial charge on any atom is 0.191 e. The van der Waals surface area contributed by atoms with Gasteiger partial charge < -0.3 is 15.6 Å². The average Bonchev–Trinajstić information content (AvgIpc) is 3.23. The number of rotatable bonds is 7. The van der Waals surface area contributed by atoms with Crippen molar-refractivity contribution in [1.82, 2.24) is 20.1 Å². The van der Waals surface area contributed by atoms with Crippen LogP contribution in [0.15, 0.2) is 10.1 Å². The first-order valence-electron chi connectivity index (χ1n) is 10.3. The van der Waals surface area contributed by atoms with Crippen LogP contribution in [0.25, 0.3) is 0 Å². The molecule has 2 aliphatic carbocycles. The van der Waals surface area contributed by atoms with Crippen LogP contribution in [0.4, 0.5) is 0 Å². The molecule has 3 rings (SSSR count). The fourth-order valence-corrected chi connectivity index (χ4v) is 4.84. The van der Waals surface area contributed by atoms with E-state index in [0.29, 0.717) is 18.0 Å². The second kappa shape index (κ2) is 10.2. The van der Waals surface area contributed by atoms with Gasteiger partial charge in [-0.2, -0.15) is 0 Å². The van der Waals surface area contributed by atoms with Crippen LogP contribution in [0.1, 0.15) is 82.5 Å². The Labute approximate surface area is 161 Å². The second-order valence-corrected chi connectivity index (χ2v) is 8.39. The van der Waals surface area contributed by atoms with E-state index in [2.05, 4.69) is 31.3 Å². The van der Waals surface area contributed by atoms with Crippen molar-refractivity contribution in [3.05, 3.63) is 5.82 Å². The Kier molecular flexibility index (Phi) is 7.65. The Bertz CT molecular complexity index is 571. The third-order valence-corrected chi connectivity index (χ3v) is 6.30. The lowest BCUT2D eigenvalue weighted by molar-refractivity contribution is 0.461. The molecule has 0 aliphatic heterocycles. The summed E-state index contributed by atoms with van der Waals surface area (Å²) in [7, 11) is 0. The molecule has 1 aromatic heterocycles. The van der Waals surface area contributed by atoms with Crippen LogP contribution in [0.2, 0.25) is 0 Å². The smallest absolute Gasteiger partial charge is 0.191 e. The maximum atomic E-state index is 6.09. The van der Waals surface area contributed by atoms with Gasteiger partial charge in [-0.3, -0.25) is 4.99 Å². The van der Waals surface area contributed by atoms with Gasteiger partial charge >= 0.3 is 0 Å². The lowest BCUT2D eigenvalue weighted by atomic mass is 10.1. The SMILES string of the molecule is CSc1nnc(CCCN=C(N)NC2CCCCCC2)n1C1CCCC1. The highest BCUT2D eigenvalue weighted by molar-refractivity contribution is 7.98. The first-order chi connectivity index (χ1) is 12.8. The minimum atomic E-state index is 0.510. The Hall–Kier alpha value is -1.24. The standard InChI is InChI=1S/C19H34N6S/c1-26-19-24-23-17(25(19)16-11-6-7-12-16)13-8-14-21-18(20)22-15-9-4-2-3-5-10-15/h15-16H,2-14H2,1H3,(H3,20,21,22). The fraction of sp³-hybridized carbons (Fsp3) is 0.842. The Morgan fingerprint density at radius 1 is 1.12 bits per heavy atom. The summed E-state index contributed by atoms with van der Waals surface area (Å²) < 4.78 is 2.38. The lowest BCUT2D eigenvalue weighted by Gasteiger charge is -2.17. The largest absolute Gasteiger partial charge is 0.370 e. The quantitative estimate of drug-likeness (QED) is 0.249. The summed E-state index contributed by atoms with van der Waals surface area (Å²) >= 11 is 1.70. The van der Waals surface area contributed by atoms with Crippen LogP contribution in [0.3, 0.4) is 0 Å². The van der Waals surface area contributed by atoms with Gasteiger partial charge in [-0.25, -0.2) is 0 Å². The number of thioether (sulfide) groups is 1. The number of hydrogen-bond acceptors (Lipinski definition) is 4. The highest BCUT2D eigenvalue weighted by Gasteiger charge is 2.23. The number of aryl methyl sites for hydroxylation is 1. The van der Waals surface area contributed by atoms with Crippen molar-refractivity contribution in [3.8, 4) is 0 Å². The first kappa shape index (κ1) is 19.5. The van der Waals surface area contributed by atoms with E-state index in [9.17, 15) is 0 Å². The maximum absolute atomic E-state index is 6.09. The van der Waals surface area contributed by atoms with Gasteiger partial charge in [0.25, 0.3) is 0 Å². The summed E-state index contributed by atoms with van der Waals surface area (Å²) in [6, 6.07) is 1.10. The summed E-state index contributed by atoms with van der Waals surface area (Å²) in [6.07, 6.45) is 16.9. The van der Waals surface area contributed by atoms with Crippen molar-refractivity contribution in [2.75, 3.05) is 12.8 Å². The third kappa shape index (κ3) is 5.38. The molecular weight excluding hydrogens is 344 g/mol. The topological polar surface area (TPSA) is 81.1 Å². The molecule has 0 saturated heterocycles. The zero-order valence-electron chi connectivity index (χ0n) is 16.1. The first-order valence-corrected chi connectivity index (χ1v) is 11.5. The van der Waals surface area contributed by atoms with Gasteiger partial charge in [0.15, 0.2) is 11.1 Å². The van der Waals surface area contributed by atoms with Crippen LogP contribution in [-0.2, 0) is 6.42 Å². The molecule has 0 aromatic carbocycles. The van der Waals surface area contributed by atoms with Crippen molar-refractivity contribution in [3.63, 3.8) is 0 Å². The van der Waals surface area contributed by atoms with Crippen LogP contribution in [0.5, 0.6) is 0 Å². The molecule has 3 N–H and O–H groups in total. The van der Waals surface area contributed by atoms with E-state index in [-0.39, 0.29) is 0 Å². The zero-order valence-corrected chi connectivity index (χ0v) is 16.9. The van der Waals surface area contributed by atoms with Crippen LogP contribution >= 0.6 is 11.8 Å². The van der Waals surface area contributed by atoms with E-state index in [4.69, 9.17) is 5.73 Å². The number of hydrogen-bond donors (Lipinski definition) is 2. The minimum absolute atomic E-state index is 0.510. The Morgan fingerprint density at radius 3 is 2.50 bits per heavy atom. The van der Waals surface area contributed by atoms with Gasteiger partial charge in [0.1, 0.15) is 5.82 Å². The van der Waals surface area contributed by atoms with E-state index in [0.717, 1.165) is 30.4 Å². The van der Waals surface area contributed by atoms with Gasteiger partial charge in [0, 0.05) is 25.0 Å². The van der Waals surface area contributed by atoms with E-state index in [1.165, 1.54) is 64.2 Å². The molecule has 26 heavy (non-hydrogen) atoms. The van der Waals surface area contributed by atoms with Crippen LogP contribution in [0, 0.1) is 0 Å². The van der Waals surface area contributed by atoms with Gasteiger partial charge in [0.2, 0.25) is 0 Å². The molecule has 0 bridgehead atoms. The predicted octanol–water partition coefficient (Wildman–Crippen LogP) is 3.67. The summed E-state index contributed by atoms with van der Waals surface area (Å²) in [5.74, 6) is 1.73. The van der Waals surface area contributed by atoms with Gasteiger partial charge in [0.05, 0.1) is 0 Å². The second-order valence-electron chi connectivity index (χ2n) is 7.61. The highest BCUT2D eigenvalue weighted by atomic mass is 32.2. The number of nitrogens with one attached hydrogen (secondary N) is 1. The molecule has 0 spiro atoms.